The first-order chi connectivity index (χ1) is 14.1. The summed E-state index contributed by atoms with van der Waals surface area (Å²) in [5.41, 5.74) is 2.78. The summed E-state index contributed by atoms with van der Waals surface area (Å²) in [7, 11) is 1.81. The van der Waals surface area contributed by atoms with Crippen molar-refractivity contribution in [2.45, 2.75) is 38.0 Å². The summed E-state index contributed by atoms with van der Waals surface area (Å²) in [6.45, 7) is 2.67. The van der Waals surface area contributed by atoms with Gasteiger partial charge in [-0.1, -0.05) is 30.3 Å². The molecule has 2 heterocycles. The molecule has 1 aliphatic heterocycles. The van der Waals surface area contributed by atoms with Crippen LogP contribution in [0.5, 0.6) is 0 Å². The number of hydrogen-bond donors (Lipinski definition) is 1. The number of pyridine rings is 1. The predicted molar refractivity (Wildman–Crippen MR) is 113 cm³/mol. The number of hydrogen-bond acceptors (Lipinski definition) is 4. The van der Waals surface area contributed by atoms with Crippen LogP contribution in [0.2, 0.25) is 0 Å². The first-order valence-electron chi connectivity index (χ1n) is 10.6. The second kappa shape index (κ2) is 8.54. The first kappa shape index (κ1) is 19.9. The molecule has 1 aromatic heterocycles. The lowest BCUT2D eigenvalue weighted by Crippen LogP contribution is -2.42. The van der Waals surface area contributed by atoms with Gasteiger partial charge in [0.05, 0.1) is 6.61 Å². The van der Waals surface area contributed by atoms with Gasteiger partial charge in [0.15, 0.2) is 0 Å². The Morgan fingerprint density at radius 3 is 2.69 bits per heavy atom. The average molecular weight is 395 g/mol. The van der Waals surface area contributed by atoms with E-state index in [1.807, 2.05) is 6.07 Å². The van der Waals surface area contributed by atoms with Crippen molar-refractivity contribution in [3.8, 4) is 0 Å². The van der Waals surface area contributed by atoms with Crippen molar-refractivity contribution in [2.75, 3.05) is 31.7 Å². The highest BCUT2D eigenvalue weighted by Gasteiger charge is 2.41. The van der Waals surface area contributed by atoms with Gasteiger partial charge in [0.25, 0.3) is 0 Å². The molecule has 154 valence electrons. The van der Waals surface area contributed by atoms with Gasteiger partial charge in [0, 0.05) is 32.1 Å². The Hall–Kier alpha value is -2.40. The maximum Gasteiger partial charge on any atom is 0.354 e. The van der Waals surface area contributed by atoms with Crippen molar-refractivity contribution in [2.24, 2.45) is 11.3 Å². The molecule has 1 saturated heterocycles. The van der Waals surface area contributed by atoms with Crippen LogP contribution in [0, 0.1) is 11.3 Å². The highest BCUT2D eigenvalue weighted by molar-refractivity contribution is 5.86. The van der Waals surface area contributed by atoms with Crippen molar-refractivity contribution >= 4 is 11.7 Å². The SMILES string of the molecule is COCC1(CC[C@@H]2CC2c2ccccc2)CCN(c2ccnc(C(=O)O)c2)CC1. The lowest BCUT2D eigenvalue weighted by atomic mass is 9.74. The molecule has 4 rings (SSSR count). The second-order valence-corrected chi connectivity index (χ2v) is 8.68. The summed E-state index contributed by atoms with van der Waals surface area (Å²) in [5, 5.41) is 9.19. The number of benzene rings is 1. The summed E-state index contributed by atoms with van der Waals surface area (Å²) in [5.74, 6) is 0.569. The molecule has 0 bridgehead atoms. The predicted octanol–water partition coefficient (Wildman–Crippen LogP) is 4.60. The van der Waals surface area contributed by atoms with Gasteiger partial charge in [-0.2, -0.15) is 0 Å². The van der Waals surface area contributed by atoms with Crippen LogP contribution in [0.15, 0.2) is 48.7 Å². The average Bonchev–Trinajstić information content (AvgIpc) is 3.54. The fourth-order valence-electron chi connectivity index (χ4n) is 4.91. The molecular formula is C24H30N2O3. The lowest BCUT2D eigenvalue weighted by molar-refractivity contribution is 0.0491. The number of carbonyl (C=O) groups is 1. The molecule has 0 amide bonds. The van der Waals surface area contributed by atoms with E-state index in [0.717, 1.165) is 50.1 Å². The number of anilines is 1. The second-order valence-electron chi connectivity index (χ2n) is 8.68. The Bertz CT molecular complexity index is 831. The van der Waals surface area contributed by atoms with Gasteiger partial charge in [0.1, 0.15) is 5.69 Å². The van der Waals surface area contributed by atoms with Crippen LogP contribution in [-0.2, 0) is 4.74 Å². The van der Waals surface area contributed by atoms with Crippen LogP contribution in [0.25, 0.3) is 0 Å². The van der Waals surface area contributed by atoms with E-state index in [0.29, 0.717) is 0 Å². The molecule has 2 fully saturated rings. The van der Waals surface area contributed by atoms with Gasteiger partial charge in [-0.15, -0.1) is 0 Å². The van der Waals surface area contributed by atoms with Crippen molar-refractivity contribution in [3.05, 3.63) is 59.9 Å². The third kappa shape index (κ3) is 4.61. The number of aromatic nitrogens is 1. The number of aromatic carboxylic acids is 1. The third-order valence-corrected chi connectivity index (χ3v) is 6.80. The number of ether oxygens (including phenoxy) is 1. The summed E-state index contributed by atoms with van der Waals surface area (Å²) < 4.78 is 5.63. The fourth-order valence-corrected chi connectivity index (χ4v) is 4.91. The van der Waals surface area contributed by atoms with E-state index in [9.17, 15) is 9.90 Å². The van der Waals surface area contributed by atoms with E-state index < -0.39 is 5.97 Å². The van der Waals surface area contributed by atoms with Crippen LogP contribution in [0.1, 0.15) is 54.1 Å². The van der Waals surface area contributed by atoms with E-state index in [-0.39, 0.29) is 11.1 Å². The Balaban J connectivity index is 1.34. The van der Waals surface area contributed by atoms with Gasteiger partial charge in [-0.3, -0.25) is 0 Å². The molecule has 1 unspecified atom stereocenters. The summed E-state index contributed by atoms with van der Waals surface area (Å²) >= 11 is 0. The third-order valence-electron chi connectivity index (χ3n) is 6.80. The standard InChI is InChI=1S/C24H30N2O3/c1-29-17-24(9-7-19-15-21(19)18-5-3-2-4-6-18)10-13-26(14-11-24)20-8-12-25-22(16-20)23(27)28/h2-6,8,12,16,19,21H,7,9-11,13-15,17H2,1H3,(H,27,28)/t19-,21?/m1/s1. The minimum atomic E-state index is -0.977. The molecule has 1 N–H and O–H groups in total. The van der Waals surface area contributed by atoms with Gasteiger partial charge in [-0.05, 0) is 67.1 Å². The minimum absolute atomic E-state index is 0.108. The molecular weight excluding hydrogens is 364 g/mol. The maximum atomic E-state index is 11.2. The molecule has 29 heavy (non-hydrogen) atoms. The zero-order valence-electron chi connectivity index (χ0n) is 17.1. The van der Waals surface area contributed by atoms with Gasteiger partial charge < -0.3 is 14.7 Å². The van der Waals surface area contributed by atoms with Crippen LogP contribution in [-0.4, -0.2) is 42.9 Å². The Kier molecular flexibility index (Phi) is 5.86. The Morgan fingerprint density at radius 1 is 1.24 bits per heavy atom. The molecule has 5 nitrogen and oxygen atoms in total. The number of nitrogens with zero attached hydrogens (tertiary/aromatic N) is 2. The topological polar surface area (TPSA) is 62.7 Å². The van der Waals surface area contributed by atoms with Crippen LogP contribution < -0.4 is 4.90 Å². The van der Waals surface area contributed by atoms with Gasteiger partial charge >= 0.3 is 5.97 Å². The molecule has 1 saturated carbocycles. The molecule has 5 heteroatoms. The van der Waals surface area contributed by atoms with Crippen LogP contribution in [0.4, 0.5) is 5.69 Å². The highest BCUT2D eigenvalue weighted by Crippen LogP contribution is 2.52. The monoisotopic (exact) mass is 394 g/mol. The van der Waals surface area contributed by atoms with Gasteiger partial charge in [0.2, 0.25) is 0 Å². The quantitative estimate of drug-likeness (QED) is 0.709. The normalized spacial score (nSPS) is 23.0. The molecule has 1 aliphatic carbocycles. The fraction of sp³-hybridized carbons (Fsp3) is 0.500. The molecule has 2 atom stereocenters. The van der Waals surface area contributed by atoms with E-state index >= 15 is 0 Å². The summed E-state index contributed by atoms with van der Waals surface area (Å²) in [4.78, 5) is 17.4. The van der Waals surface area contributed by atoms with E-state index in [4.69, 9.17) is 4.74 Å². The van der Waals surface area contributed by atoms with Crippen LogP contribution in [0.3, 0.4) is 0 Å². The molecule has 0 spiro atoms. The number of rotatable bonds is 8. The number of carboxylic acids is 1. The molecule has 2 aliphatic rings. The van der Waals surface area contributed by atoms with Crippen LogP contribution >= 0.6 is 0 Å². The van der Waals surface area contributed by atoms with Crippen molar-refractivity contribution in [1.82, 2.24) is 4.98 Å². The van der Waals surface area contributed by atoms with E-state index in [2.05, 4.69) is 40.2 Å². The maximum absolute atomic E-state index is 11.2. The largest absolute Gasteiger partial charge is 0.477 e. The number of carboxylic acid groups (broad SMARTS) is 1. The van der Waals surface area contributed by atoms with Gasteiger partial charge in [-0.25, -0.2) is 9.78 Å². The summed E-state index contributed by atoms with van der Waals surface area (Å²) in [6.07, 6.45) is 7.53. The van der Waals surface area contributed by atoms with Crippen molar-refractivity contribution in [3.63, 3.8) is 0 Å². The lowest BCUT2D eigenvalue weighted by Gasteiger charge is -2.42. The molecule has 1 aromatic carbocycles. The zero-order valence-corrected chi connectivity index (χ0v) is 17.1. The minimum Gasteiger partial charge on any atom is -0.477 e. The zero-order chi connectivity index (χ0) is 20.3. The Morgan fingerprint density at radius 2 is 2.00 bits per heavy atom. The van der Waals surface area contributed by atoms with E-state index in [1.54, 1.807) is 19.4 Å². The Labute approximate surface area is 172 Å². The molecule has 0 radical (unpaired) electrons. The summed E-state index contributed by atoms with van der Waals surface area (Å²) in [6, 6.07) is 14.5. The smallest absolute Gasteiger partial charge is 0.354 e. The first-order valence-corrected chi connectivity index (χ1v) is 10.6. The number of piperidine rings is 1. The van der Waals surface area contributed by atoms with Crippen molar-refractivity contribution < 1.29 is 14.6 Å². The van der Waals surface area contributed by atoms with E-state index in [1.165, 1.54) is 24.8 Å². The number of methoxy groups -OCH3 is 1. The highest BCUT2D eigenvalue weighted by atomic mass is 16.5. The van der Waals surface area contributed by atoms with Crippen molar-refractivity contribution in [1.29, 1.82) is 0 Å². The molecule has 2 aromatic rings.